The standard InChI is InChI=1S/C35H32F3NO14/c1-16(40)48-26(27(49-17(2)41)31(45)52-24(18-7-5-4-6-8-18)29(43)53-32(46)35(36,37)38)30(44)50-21-11-12-34(47)22-15-19-9-10-20(42)25-23(19)33(34,28(21)51-25)13-14-39(22)3/h4-11,22,24,26-28,42,47H,12-15H2,1-3H3/t22?,24-,26-,27-,28+,33+,34-/m1/s1. The first-order chi connectivity index (χ1) is 24.9. The number of likely N-dealkylation sites (tertiary alicyclic amines) is 1. The van der Waals surface area contributed by atoms with Crippen LogP contribution >= 0.6 is 0 Å². The number of phenolic OH excluding ortho intramolecular Hbond substituents is 1. The van der Waals surface area contributed by atoms with Crippen molar-refractivity contribution in [3.8, 4) is 11.5 Å². The van der Waals surface area contributed by atoms with Gasteiger partial charge in [0.05, 0.1) is 11.0 Å². The Kier molecular flexibility index (Phi) is 9.49. The first-order valence-corrected chi connectivity index (χ1v) is 16.2. The second kappa shape index (κ2) is 13.5. The molecule has 1 spiro atoms. The Morgan fingerprint density at radius 1 is 0.925 bits per heavy atom. The van der Waals surface area contributed by atoms with Crippen LogP contribution in [0.4, 0.5) is 13.2 Å². The Bertz CT molecular complexity index is 1910. The van der Waals surface area contributed by atoms with Gasteiger partial charge in [-0.15, -0.1) is 0 Å². The molecule has 2 aliphatic heterocycles. The molecule has 282 valence electrons. The van der Waals surface area contributed by atoms with Gasteiger partial charge in [-0.3, -0.25) is 9.59 Å². The lowest BCUT2D eigenvalue weighted by Gasteiger charge is -2.61. The van der Waals surface area contributed by atoms with Gasteiger partial charge in [-0.2, -0.15) is 13.2 Å². The number of benzene rings is 2. The highest BCUT2D eigenvalue weighted by molar-refractivity contribution is 5.94. The van der Waals surface area contributed by atoms with Crippen molar-refractivity contribution in [2.45, 2.75) is 80.8 Å². The molecule has 0 saturated carbocycles. The second-order valence-corrected chi connectivity index (χ2v) is 13.0. The third-order valence-corrected chi connectivity index (χ3v) is 9.87. The Morgan fingerprint density at radius 2 is 1.57 bits per heavy atom. The molecule has 53 heavy (non-hydrogen) atoms. The van der Waals surface area contributed by atoms with Crippen molar-refractivity contribution in [1.29, 1.82) is 0 Å². The van der Waals surface area contributed by atoms with Gasteiger partial charge in [0.15, 0.2) is 17.6 Å². The summed E-state index contributed by atoms with van der Waals surface area (Å²) in [4.78, 5) is 78.2. The number of halogens is 3. The molecule has 2 aromatic rings. The lowest BCUT2D eigenvalue weighted by molar-refractivity contribution is -0.208. The van der Waals surface area contributed by atoms with Gasteiger partial charge in [0, 0.05) is 37.4 Å². The molecule has 2 N–H and O–H groups in total. The van der Waals surface area contributed by atoms with Gasteiger partial charge in [-0.25, -0.2) is 19.2 Å². The molecule has 4 aliphatic rings. The SMILES string of the molecule is CC(=O)O[C@@H](C(=O)OC1=CC[C@@]2(O)C3Cc4ccc(O)c5c4[C@@]2(CCN3C)[C@H]1O5)[C@@H](OC(C)=O)C(=O)O[C@@H](C(=O)OC(=O)C(F)(F)F)c1ccccc1. The quantitative estimate of drug-likeness (QED) is 0.214. The number of ether oxygens (including phenoxy) is 6. The fourth-order valence-corrected chi connectivity index (χ4v) is 7.70. The van der Waals surface area contributed by atoms with E-state index in [9.17, 15) is 52.2 Å². The van der Waals surface area contributed by atoms with E-state index >= 15 is 0 Å². The van der Waals surface area contributed by atoms with Gasteiger partial charge in [0.25, 0.3) is 0 Å². The maximum absolute atomic E-state index is 13.9. The fraction of sp³-hybridized carbons (Fsp3) is 0.429. The van der Waals surface area contributed by atoms with Gasteiger partial charge < -0.3 is 43.5 Å². The number of phenols is 1. The lowest BCUT2D eigenvalue weighted by atomic mass is 9.50. The van der Waals surface area contributed by atoms with Crippen LogP contribution in [0.25, 0.3) is 0 Å². The maximum atomic E-state index is 13.9. The number of piperidine rings is 1. The number of carbonyl (C=O) groups excluding carboxylic acids is 6. The van der Waals surface area contributed by atoms with Crippen molar-refractivity contribution in [1.82, 2.24) is 4.90 Å². The molecule has 6 rings (SSSR count). The number of aliphatic hydroxyl groups is 1. The second-order valence-electron chi connectivity index (χ2n) is 13.0. The monoisotopic (exact) mass is 747 g/mol. The minimum absolute atomic E-state index is 0.0653. The number of aromatic hydroxyl groups is 1. The summed E-state index contributed by atoms with van der Waals surface area (Å²) in [5, 5.41) is 23.1. The number of esters is 6. The van der Waals surface area contributed by atoms with Crippen molar-refractivity contribution in [3.05, 3.63) is 71.0 Å². The van der Waals surface area contributed by atoms with Crippen LogP contribution < -0.4 is 4.74 Å². The largest absolute Gasteiger partial charge is 0.504 e. The molecule has 7 atom stereocenters. The Balaban J connectivity index is 1.32. The fourth-order valence-electron chi connectivity index (χ4n) is 7.70. The zero-order valence-electron chi connectivity index (χ0n) is 28.2. The first kappa shape index (κ1) is 37.3. The van der Waals surface area contributed by atoms with Crippen LogP contribution in [0.3, 0.4) is 0 Å². The minimum atomic E-state index is -5.61. The summed E-state index contributed by atoms with van der Waals surface area (Å²) in [5.74, 6) is -11.0. The summed E-state index contributed by atoms with van der Waals surface area (Å²) >= 11 is 0. The van der Waals surface area contributed by atoms with Crippen LogP contribution in [0.15, 0.2) is 54.3 Å². The lowest BCUT2D eigenvalue weighted by Crippen LogP contribution is -2.74. The number of hydrogen-bond donors (Lipinski definition) is 2. The molecule has 15 nitrogen and oxygen atoms in total. The van der Waals surface area contributed by atoms with E-state index in [2.05, 4.69) is 4.74 Å². The van der Waals surface area contributed by atoms with Gasteiger partial charge >= 0.3 is 42.0 Å². The minimum Gasteiger partial charge on any atom is -0.504 e. The Hall–Kier alpha value is -5.49. The highest BCUT2D eigenvalue weighted by Crippen LogP contribution is 2.65. The van der Waals surface area contributed by atoms with Crippen molar-refractivity contribution >= 4 is 35.8 Å². The van der Waals surface area contributed by atoms with Crippen LogP contribution in [0.2, 0.25) is 0 Å². The van der Waals surface area contributed by atoms with Gasteiger partial charge in [0.1, 0.15) is 5.76 Å². The molecule has 1 fully saturated rings. The third kappa shape index (κ3) is 6.34. The number of rotatable bonds is 9. The zero-order chi connectivity index (χ0) is 38.6. The number of alkyl halides is 3. The molecule has 1 saturated heterocycles. The van der Waals surface area contributed by atoms with Gasteiger partial charge in [0.2, 0.25) is 18.3 Å². The Labute approximate surface area is 298 Å². The average Bonchev–Trinajstić information content (AvgIpc) is 3.45. The van der Waals surface area contributed by atoms with Gasteiger partial charge in [-0.05, 0) is 44.1 Å². The summed E-state index contributed by atoms with van der Waals surface area (Å²) in [6.07, 6.45) is -12.1. The van der Waals surface area contributed by atoms with Crippen LogP contribution in [0, 0.1) is 0 Å². The molecule has 2 bridgehead atoms. The predicted molar refractivity (Wildman–Crippen MR) is 166 cm³/mol. The third-order valence-electron chi connectivity index (χ3n) is 9.87. The van der Waals surface area contributed by atoms with Crippen LogP contribution in [0.1, 0.15) is 49.5 Å². The molecule has 0 aromatic heterocycles. The van der Waals surface area contributed by atoms with Crippen LogP contribution in [-0.4, -0.2) is 101 Å². The van der Waals surface area contributed by atoms with E-state index in [1.54, 1.807) is 6.07 Å². The molecule has 0 radical (unpaired) electrons. The summed E-state index contributed by atoms with van der Waals surface area (Å²) in [7, 11) is 1.86. The normalized spacial score (nSPS) is 25.6. The maximum Gasteiger partial charge on any atom is 0.491 e. The zero-order valence-corrected chi connectivity index (χ0v) is 28.2. The number of nitrogens with zero attached hydrogens (tertiary/aromatic N) is 1. The number of hydrogen-bond acceptors (Lipinski definition) is 15. The average molecular weight is 748 g/mol. The number of carbonyl (C=O) groups is 6. The summed E-state index contributed by atoms with van der Waals surface area (Å²) in [5.41, 5.74) is -1.62. The molecule has 2 heterocycles. The van der Waals surface area contributed by atoms with Crippen LogP contribution in [-0.2, 0) is 64.3 Å². The van der Waals surface area contributed by atoms with Crippen LogP contribution in [0.5, 0.6) is 11.5 Å². The molecule has 18 heteroatoms. The highest BCUT2D eigenvalue weighted by Gasteiger charge is 2.72. The molecule has 1 unspecified atom stereocenters. The summed E-state index contributed by atoms with van der Waals surface area (Å²) < 4.78 is 69.7. The highest BCUT2D eigenvalue weighted by atomic mass is 19.4. The Morgan fingerprint density at radius 3 is 2.19 bits per heavy atom. The van der Waals surface area contributed by atoms with E-state index in [1.807, 2.05) is 11.9 Å². The molecular weight excluding hydrogens is 715 g/mol. The van der Waals surface area contributed by atoms with Crippen molar-refractivity contribution in [2.75, 3.05) is 13.6 Å². The predicted octanol–water partition coefficient (Wildman–Crippen LogP) is 1.99. The van der Waals surface area contributed by atoms with E-state index in [0.29, 0.717) is 24.9 Å². The smallest absolute Gasteiger partial charge is 0.491 e. The topological polar surface area (TPSA) is 201 Å². The first-order valence-electron chi connectivity index (χ1n) is 16.2. The molecule has 0 amide bonds. The van der Waals surface area contributed by atoms with E-state index in [4.69, 9.17) is 23.7 Å². The molecule has 2 aromatic carbocycles. The summed E-state index contributed by atoms with van der Waals surface area (Å²) in [6.45, 7) is 2.13. The van der Waals surface area contributed by atoms with Crippen molar-refractivity contribution in [3.63, 3.8) is 0 Å². The molecular formula is C35H32F3NO14. The number of likely N-dealkylation sites (N-methyl/N-ethyl adjacent to an activating group) is 1. The van der Waals surface area contributed by atoms with Crippen molar-refractivity contribution < 1.29 is 80.6 Å². The van der Waals surface area contributed by atoms with E-state index in [-0.39, 0.29) is 29.2 Å². The molecule has 2 aliphatic carbocycles. The summed E-state index contributed by atoms with van der Waals surface area (Å²) in [6, 6.07) is 9.09. The van der Waals surface area contributed by atoms with Gasteiger partial charge in [-0.1, -0.05) is 36.4 Å². The van der Waals surface area contributed by atoms with E-state index in [1.165, 1.54) is 30.3 Å². The van der Waals surface area contributed by atoms with E-state index in [0.717, 1.165) is 31.5 Å². The van der Waals surface area contributed by atoms with E-state index < -0.39 is 83.5 Å². The van der Waals surface area contributed by atoms with Crippen molar-refractivity contribution in [2.24, 2.45) is 0 Å².